The number of H-pyrrole nitrogens is 1. The molecule has 16 heteroatoms. The van der Waals surface area contributed by atoms with Crippen LogP contribution in [0.5, 0.6) is 0 Å². The van der Waals surface area contributed by atoms with Gasteiger partial charge in [-0.05, 0) is 108 Å². The van der Waals surface area contributed by atoms with Crippen molar-refractivity contribution in [3.05, 3.63) is 107 Å². The van der Waals surface area contributed by atoms with E-state index in [0.717, 1.165) is 0 Å². The third kappa shape index (κ3) is 7.32. The van der Waals surface area contributed by atoms with Crippen LogP contribution in [0.15, 0.2) is 98.1 Å². The highest BCUT2D eigenvalue weighted by molar-refractivity contribution is 14.1. The van der Waals surface area contributed by atoms with E-state index in [1.54, 1.807) is 56.4 Å². The number of hydrazone groups is 1. The van der Waals surface area contributed by atoms with Gasteiger partial charge in [-0.15, -0.1) is 0 Å². The molecule has 0 spiro atoms. The number of carbonyl (C=O) groups excluding carboxylic acids is 1. The molecule has 3 aromatic rings. The van der Waals surface area contributed by atoms with E-state index >= 15 is 0 Å². The molecule has 0 saturated carbocycles. The van der Waals surface area contributed by atoms with Crippen LogP contribution in [0.1, 0.15) is 18.2 Å². The molecule has 0 bridgehead atoms. The lowest BCUT2D eigenvalue weighted by molar-refractivity contribution is -0.114. The molecule has 1 aromatic heterocycles. The second-order valence-electron chi connectivity index (χ2n) is 8.98. The van der Waals surface area contributed by atoms with E-state index in [0.29, 0.717) is 41.1 Å². The van der Waals surface area contributed by atoms with E-state index in [2.05, 4.69) is 10.2 Å². The summed E-state index contributed by atoms with van der Waals surface area (Å²) in [5.41, 5.74) is 2.25. The first-order valence-electron chi connectivity index (χ1n) is 12.1. The number of aromatic amines is 1. The van der Waals surface area contributed by atoms with E-state index in [1.165, 1.54) is 46.1 Å². The molecule has 0 radical (unpaired) electrons. The summed E-state index contributed by atoms with van der Waals surface area (Å²) in [6, 6.07) is 7.74. The van der Waals surface area contributed by atoms with Crippen LogP contribution in [-0.2, 0) is 25.0 Å². The van der Waals surface area contributed by atoms with Crippen molar-refractivity contribution in [2.24, 2.45) is 5.10 Å². The highest BCUT2D eigenvalue weighted by Gasteiger charge is 2.30. The Labute approximate surface area is 273 Å². The number of hydrogen-bond donors (Lipinski definition) is 3. The standard InChI is InChI=1S/C27H22I2N4O8S2/c1-16-20(26(34)32(30-16)24-12-10-18(14-22(24)28)42(36,37)38)8-6-4-3-5-7-9-21-17(2)31-33(27(21)35)25-13-11-19(15-23(25)29)43(39,40)41/h3-15,30H,1-2H3,(H,36,37,38)(H,39,40,41)/b4-3+,7-5+,8-6+,21-9-/i28-4,29-4. The van der Waals surface area contributed by atoms with Crippen molar-refractivity contribution in [2.45, 2.75) is 23.6 Å². The summed E-state index contributed by atoms with van der Waals surface area (Å²) in [5, 5.41) is 8.40. The first-order valence-corrected chi connectivity index (χ1v) is 17.1. The molecule has 2 heterocycles. The van der Waals surface area contributed by atoms with Gasteiger partial charge >= 0.3 is 0 Å². The van der Waals surface area contributed by atoms with Crippen molar-refractivity contribution >= 4 is 88.8 Å². The normalized spacial score (nSPS) is 15.6. The van der Waals surface area contributed by atoms with Gasteiger partial charge in [-0.3, -0.25) is 23.8 Å². The monoisotopic (exact) mass is 840 g/mol. The maximum atomic E-state index is 13.0. The predicted octanol–water partition coefficient (Wildman–Crippen LogP) is 4.65. The molecule has 0 saturated heterocycles. The Kier molecular flexibility index (Phi) is 9.76. The van der Waals surface area contributed by atoms with Crippen LogP contribution in [-0.4, -0.2) is 47.3 Å². The molecule has 0 fully saturated rings. The molecule has 3 N–H and O–H groups in total. The molecule has 43 heavy (non-hydrogen) atoms. The molecule has 0 aliphatic carbocycles. The van der Waals surface area contributed by atoms with Gasteiger partial charge < -0.3 is 0 Å². The minimum atomic E-state index is -4.38. The zero-order valence-electron chi connectivity index (χ0n) is 22.3. The highest BCUT2D eigenvalue weighted by Crippen LogP contribution is 2.30. The number of carbonyl (C=O) groups is 1. The minimum Gasteiger partial charge on any atom is -0.295 e. The Morgan fingerprint density at radius 3 is 1.91 bits per heavy atom. The first kappa shape index (κ1) is 32.7. The second-order valence-corrected chi connectivity index (χ2v) is 14.1. The lowest BCUT2D eigenvalue weighted by atomic mass is 10.1. The fourth-order valence-corrected chi connectivity index (χ4v) is 6.88. The third-order valence-electron chi connectivity index (χ3n) is 6.05. The van der Waals surface area contributed by atoms with Gasteiger partial charge in [0.2, 0.25) is 0 Å². The van der Waals surface area contributed by atoms with Crippen LogP contribution < -0.4 is 10.6 Å². The zero-order chi connectivity index (χ0) is 31.7. The van der Waals surface area contributed by atoms with Crippen molar-refractivity contribution in [1.29, 1.82) is 0 Å². The van der Waals surface area contributed by atoms with E-state index < -0.39 is 26.1 Å². The number of aromatic nitrogens is 2. The van der Waals surface area contributed by atoms with Crippen molar-refractivity contribution in [1.82, 2.24) is 9.78 Å². The van der Waals surface area contributed by atoms with Crippen LogP contribution in [0.25, 0.3) is 11.8 Å². The largest absolute Gasteiger partial charge is 0.295 e. The van der Waals surface area contributed by atoms with Crippen molar-refractivity contribution < 1.29 is 30.7 Å². The molecule has 0 unspecified atom stereocenters. The van der Waals surface area contributed by atoms with E-state index in [9.17, 15) is 35.5 Å². The summed E-state index contributed by atoms with van der Waals surface area (Å²) < 4.78 is 66.2. The van der Waals surface area contributed by atoms with E-state index in [1.807, 2.05) is 45.2 Å². The van der Waals surface area contributed by atoms with Crippen molar-refractivity contribution in [3.8, 4) is 5.69 Å². The summed E-state index contributed by atoms with van der Waals surface area (Å²) in [6.45, 7) is 3.40. The summed E-state index contributed by atoms with van der Waals surface area (Å²) in [5.74, 6) is -0.398. The Hall–Kier alpha value is -3.17. The van der Waals surface area contributed by atoms with E-state index in [4.69, 9.17) is 0 Å². The average Bonchev–Trinajstić information content (AvgIpc) is 3.35. The van der Waals surface area contributed by atoms with Crippen LogP contribution in [0.4, 0.5) is 5.69 Å². The van der Waals surface area contributed by atoms with Crippen molar-refractivity contribution in [2.75, 3.05) is 5.01 Å². The molecule has 12 nitrogen and oxygen atoms in total. The lowest BCUT2D eigenvalue weighted by Crippen LogP contribution is -2.22. The summed E-state index contributed by atoms with van der Waals surface area (Å²) in [7, 11) is -8.75. The van der Waals surface area contributed by atoms with E-state index in [-0.39, 0.29) is 15.4 Å². The van der Waals surface area contributed by atoms with Crippen LogP contribution in [0, 0.1) is 14.1 Å². The number of amides is 1. The lowest BCUT2D eigenvalue weighted by Gasteiger charge is -2.14. The maximum absolute atomic E-state index is 13.0. The summed E-state index contributed by atoms with van der Waals surface area (Å²) in [6.07, 6.45) is 11.6. The fraction of sp³-hybridized carbons (Fsp3) is 0.0741. The maximum Gasteiger partial charge on any atom is 0.294 e. The number of rotatable bonds is 8. The van der Waals surface area contributed by atoms with Gasteiger partial charge in [0.1, 0.15) is 0 Å². The Morgan fingerprint density at radius 2 is 1.35 bits per heavy atom. The van der Waals surface area contributed by atoms with Crippen LogP contribution >= 0.6 is 45.2 Å². The fourth-order valence-electron chi connectivity index (χ4n) is 3.94. The molecule has 4 rings (SSSR count). The van der Waals surface area contributed by atoms with Crippen molar-refractivity contribution in [3.63, 3.8) is 0 Å². The SMILES string of the molecule is CC1=NN(c2ccc(S(=O)(=O)O)cc2[123I])C(=O)\C1=C/C=C/C=C/C=C/c1c(C)[nH]n(-c2ccc(S(=O)(=O)O)cc2[123I])c1=O. The molecule has 0 atom stereocenters. The smallest absolute Gasteiger partial charge is 0.294 e. The number of nitrogens with zero attached hydrogens (tertiary/aromatic N) is 3. The molecule has 1 aliphatic heterocycles. The third-order valence-corrected chi connectivity index (χ3v) is 9.48. The van der Waals surface area contributed by atoms with Gasteiger partial charge in [-0.2, -0.15) is 26.9 Å². The number of halogens is 2. The molecular weight excluding hydrogens is 818 g/mol. The predicted molar refractivity (Wildman–Crippen MR) is 179 cm³/mol. The number of nitrogens with one attached hydrogen (secondary N) is 1. The van der Waals surface area contributed by atoms with Gasteiger partial charge in [0.15, 0.2) is 0 Å². The van der Waals surface area contributed by atoms with Gasteiger partial charge in [-0.1, -0.05) is 30.4 Å². The first-order chi connectivity index (χ1) is 20.1. The number of anilines is 1. The topological polar surface area (TPSA) is 179 Å². The quantitative estimate of drug-likeness (QED) is 0.127. The van der Waals surface area contributed by atoms with Gasteiger partial charge in [-0.25, -0.2) is 4.68 Å². The van der Waals surface area contributed by atoms with Gasteiger partial charge in [0, 0.05) is 12.8 Å². The Morgan fingerprint density at radius 1 is 0.814 bits per heavy atom. The molecule has 1 amide bonds. The number of benzene rings is 2. The number of allylic oxidation sites excluding steroid dienone is 6. The molecule has 1 aliphatic rings. The van der Waals surface area contributed by atoms with Crippen LogP contribution in [0.2, 0.25) is 0 Å². The average molecular weight is 840 g/mol. The number of hydrogen-bond acceptors (Lipinski definition) is 7. The summed E-state index contributed by atoms with van der Waals surface area (Å²) in [4.78, 5) is 25.4. The van der Waals surface area contributed by atoms with Gasteiger partial charge in [0.05, 0.1) is 38.0 Å². The van der Waals surface area contributed by atoms with Gasteiger partial charge in [0.25, 0.3) is 31.7 Å². The second kappa shape index (κ2) is 12.8. The summed E-state index contributed by atoms with van der Waals surface area (Å²) >= 11 is 3.75. The van der Waals surface area contributed by atoms with Crippen LogP contribution in [0.3, 0.4) is 0 Å². The molecule has 224 valence electrons. The Bertz CT molecular complexity index is 2070. The number of aryl methyl sites for hydroxylation is 1. The Balaban J connectivity index is 1.45. The molecular formula is C27H22I2N4O8S2. The minimum absolute atomic E-state index is 0.272. The molecule has 2 aromatic carbocycles. The zero-order valence-corrected chi connectivity index (χ0v) is 28.2. The highest BCUT2D eigenvalue weighted by atomic mass is 123.